The quantitative estimate of drug-likeness (QED) is 0.281. The molecule has 0 saturated carbocycles. The summed E-state index contributed by atoms with van der Waals surface area (Å²) >= 11 is 0. The summed E-state index contributed by atoms with van der Waals surface area (Å²) in [7, 11) is 0. The average Bonchev–Trinajstić information content (AvgIpc) is 2.53. The van der Waals surface area contributed by atoms with Crippen molar-refractivity contribution in [2.45, 2.75) is 40.2 Å². The van der Waals surface area contributed by atoms with E-state index in [1.54, 1.807) is 6.20 Å². The Labute approximate surface area is 167 Å². The summed E-state index contributed by atoms with van der Waals surface area (Å²) in [4.78, 5) is 8.68. The third-order valence-electron chi connectivity index (χ3n) is 3.50. The van der Waals surface area contributed by atoms with E-state index >= 15 is 0 Å². The Kier molecular flexibility index (Phi) is 9.26. The molecule has 2 rings (SSSR count). The van der Waals surface area contributed by atoms with E-state index in [1.165, 1.54) is 11.1 Å². The van der Waals surface area contributed by atoms with Gasteiger partial charge in [0.15, 0.2) is 5.96 Å². The maximum atomic E-state index is 6.00. The molecule has 0 aliphatic heterocycles. The van der Waals surface area contributed by atoms with E-state index in [4.69, 9.17) is 10.5 Å². The summed E-state index contributed by atoms with van der Waals surface area (Å²) in [6.07, 6.45) is 3.83. The fraction of sp³-hybridized carbons (Fsp3) is 0.368. The Bertz CT molecular complexity index is 683. The number of guanidine groups is 1. The minimum absolute atomic E-state index is 0. The van der Waals surface area contributed by atoms with E-state index in [2.05, 4.69) is 42.1 Å². The standard InChI is InChI=1S/C19H26N4O.HI/c1-4-5-9-24-18-16(7-6-8-21-18)13-22-19(20)23-17-11-14(2)10-15(3)12-17;/h6-8,10-12H,4-5,9,13H2,1-3H3,(H3,20,22,23);1H. The van der Waals surface area contributed by atoms with Crippen LogP contribution < -0.4 is 15.8 Å². The first kappa shape index (κ1) is 21.2. The first-order chi connectivity index (χ1) is 11.6. The van der Waals surface area contributed by atoms with Gasteiger partial charge in [-0.15, -0.1) is 24.0 Å². The Balaban J connectivity index is 0.00000312. The number of benzene rings is 1. The molecule has 0 aliphatic rings. The molecule has 1 aromatic carbocycles. The van der Waals surface area contributed by atoms with Gasteiger partial charge >= 0.3 is 0 Å². The van der Waals surface area contributed by atoms with Gasteiger partial charge in [0.25, 0.3) is 0 Å². The van der Waals surface area contributed by atoms with Crippen LogP contribution >= 0.6 is 24.0 Å². The summed E-state index contributed by atoms with van der Waals surface area (Å²) in [5.41, 5.74) is 10.2. The molecule has 0 bridgehead atoms. The molecule has 1 aromatic heterocycles. The van der Waals surface area contributed by atoms with E-state index in [-0.39, 0.29) is 24.0 Å². The zero-order valence-corrected chi connectivity index (χ0v) is 17.4. The fourth-order valence-corrected chi connectivity index (χ4v) is 2.39. The van der Waals surface area contributed by atoms with E-state index in [1.807, 2.05) is 24.3 Å². The van der Waals surface area contributed by atoms with Crippen molar-refractivity contribution in [1.29, 1.82) is 0 Å². The summed E-state index contributed by atoms with van der Waals surface area (Å²) in [6.45, 7) is 7.34. The highest BCUT2D eigenvalue weighted by atomic mass is 127. The lowest BCUT2D eigenvalue weighted by molar-refractivity contribution is 0.294. The van der Waals surface area contributed by atoms with Gasteiger partial charge in [-0.25, -0.2) is 9.98 Å². The van der Waals surface area contributed by atoms with E-state index in [0.717, 1.165) is 24.1 Å². The summed E-state index contributed by atoms with van der Waals surface area (Å²) in [5.74, 6) is 1.01. The van der Waals surface area contributed by atoms with Gasteiger partial charge in [0, 0.05) is 17.4 Å². The third-order valence-corrected chi connectivity index (χ3v) is 3.50. The molecule has 0 atom stereocenters. The van der Waals surface area contributed by atoms with Crippen molar-refractivity contribution in [3.8, 4) is 5.88 Å². The third kappa shape index (κ3) is 7.29. The first-order valence-corrected chi connectivity index (χ1v) is 8.30. The molecule has 25 heavy (non-hydrogen) atoms. The van der Waals surface area contributed by atoms with Gasteiger partial charge in [-0.05, 0) is 49.6 Å². The number of ether oxygens (including phenoxy) is 1. The molecule has 0 spiro atoms. The number of aliphatic imine (C=N–C) groups is 1. The van der Waals surface area contributed by atoms with Crippen molar-refractivity contribution >= 4 is 35.6 Å². The van der Waals surface area contributed by atoms with Gasteiger partial charge in [-0.1, -0.05) is 25.5 Å². The maximum Gasteiger partial charge on any atom is 0.218 e. The van der Waals surface area contributed by atoms with E-state index in [9.17, 15) is 0 Å². The predicted octanol–water partition coefficient (Wildman–Crippen LogP) is 4.42. The normalized spacial score (nSPS) is 10.9. The topological polar surface area (TPSA) is 72.5 Å². The van der Waals surface area contributed by atoms with Gasteiger partial charge in [0.2, 0.25) is 5.88 Å². The van der Waals surface area contributed by atoms with Gasteiger partial charge in [0.1, 0.15) is 0 Å². The van der Waals surface area contributed by atoms with Crippen molar-refractivity contribution in [2.75, 3.05) is 11.9 Å². The minimum Gasteiger partial charge on any atom is -0.477 e. The number of nitrogens with one attached hydrogen (secondary N) is 1. The fourth-order valence-electron chi connectivity index (χ4n) is 2.39. The van der Waals surface area contributed by atoms with Crippen molar-refractivity contribution in [3.05, 3.63) is 53.2 Å². The largest absolute Gasteiger partial charge is 0.477 e. The Hall–Kier alpha value is -1.83. The van der Waals surface area contributed by atoms with Crippen LogP contribution in [-0.4, -0.2) is 17.6 Å². The number of hydrogen-bond acceptors (Lipinski definition) is 3. The number of pyridine rings is 1. The molecule has 0 radical (unpaired) electrons. The van der Waals surface area contributed by atoms with E-state index in [0.29, 0.717) is 25.0 Å². The van der Waals surface area contributed by atoms with Gasteiger partial charge in [-0.3, -0.25) is 0 Å². The predicted molar refractivity (Wildman–Crippen MR) is 115 cm³/mol. The number of nitrogens with zero attached hydrogens (tertiary/aromatic N) is 2. The van der Waals surface area contributed by atoms with Crippen LogP contribution in [0, 0.1) is 13.8 Å². The first-order valence-electron chi connectivity index (χ1n) is 8.30. The number of halogens is 1. The number of anilines is 1. The van der Waals surface area contributed by atoms with Gasteiger partial charge in [0.05, 0.1) is 13.2 Å². The lowest BCUT2D eigenvalue weighted by Gasteiger charge is -2.10. The Morgan fingerprint density at radius 1 is 1.24 bits per heavy atom. The van der Waals surface area contributed by atoms with Crippen molar-refractivity contribution in [2.24, 2.45) is 10.7 Å². The number of nitrogens with two attached hydrogens (primary N) is 1. The van der Waals surface area contributed by atoms with Crippen LogP contribution in [0.15, 0.2) is 41.5 Å². The molecule has 136 valence electrons. The van der Waals surface area contributed by atoms with Crippen LogP contribution in [0.1, 0.15) is 36.5 Å². The number of hydrogen-bond donors (Lipinski definition) is 2. The Morgan fingerprint density at radius 2 is 1.96 bits per heavy atom. The van der Waals surface area contributed by atoms with Gasteiger partial charge in [-0.2, -0.15) is 0 Å². The zero-order chi connectivity index (χ0) is 17.4. The summed E-state index contributed by atoms with van der Waals surface area (Å²) in [5, 5.41) is 3.13. The van der Waals surface area contributed by atoms with E-state index < -0.39 is 0 Å². The second kappa shape index (κ2) is 10.9. The summed E-state index contributed by atoms with van der Waals surface area (Å²) < 4.78 is 5.72. The molecule has 0 fully saturated rings. The summed E-state index contributed by atoms with van der Waals surface area (Å²) in [6, 6.07) is 10.0. The molecule has 3 N–H and O–H groups in total. The highest BCUT2D eigenvalue weighted by Crippen LogP contribution is 2.16. The van der Waals surface area contributed by atoms with Crippen molar-refractivity contribution < 1.29 is 4.74 Å². The molecule has 5 nitrogen and oxygen atoms in total. The number of aromatic nitrogens is 1. The Morgan fingerprint density at radius 3 is 2.64 bits per heavy atom. The number of rotatable bonds is 7. The number of aryl methyl sites for hydroxylation is 2. The highest BCUT2D eigenvalue weighted by Gasteiger charge is 2.04. The van der Waals surface area contributed by atoms with Gasteiger partial charge < -0.3 is 15.8 Å². The molecule has 0 amide bonds. The van der Waals surface area contributed by atoms with Crippen LogP contribution in [0.2, 0.25) is 0 Å². The molecule has 0 saturated heterocycles. The molecule has 2 aromatic rings. The smallest absolute Gasteiger partial charge is 0.218 e. The second-order valence-electron chi connectivity index (χ2n) is 5.87. The molecule has 1 heterocycles. The van der Waals surface area contributed by atoms with Crippen LogP contribution in [0.3, 0.4) is 0 Å². The molecule has 0 unspecified atom stereocenters. The monoisotopic (exact) mass is 454 g/mol. The van der Waals surface area contributed by atoms with Crippen LogP contribution in [-0.2, 0) is 6.54 Å². The molecule has 0 aliphatic carbocycles. The molecular weight excluding hydrogens is 427 g/mol. The lowest BCUT2D eigenvalue weighted by atomic mass is 10.1. The molecule has 6 heteroatoms. The lowest BCUT2D eigenvalue weighted by Crippen LogP contribution is -2.22. The second-order valence-corrected chi connectivity index (χ2v) is 5.87. The number of unbranched alkanes of at least 4 members (excludes halogenated alkanes) is 1. The highest BCUT2D eigenvalue weighted by molar-refractivity contribution is 14.0. The van der Waals surface area contributed by atoms with Crippen LogP contribution in [0.25, 0.3) is 0 Å². The van der Waals surface area contributed by atoms with Crippen LogP contribution in [0.5, 0.6) is 5.88 Å². The van der Waals surface area contributed by atoms with Crippen LogP contribution in [0.4, 0.5) is 5.69 Å². The van der Waals surface area contributed by atoms with Crippen molar-refractivity contribution in [3.63, 3.8) is 0 Å². The SMILES string of the molecule is CCCCOc1ncccc1CN=C(N)Nc1cc(C)cc(C)c1.I. The molecular formula is C19H27IN4O. The maximum absolute atomic E-state index is 6.00. The minimum atomic E-state index is 0. The average molecular weight is 454 g/mol. The zero-order valence-electron chi connectivity index (χ0n) is 15.1. The van der Waals surface area contributed by atoms with Crippen molar-refractivity contribution in [1.82, 2.24) is 4.98 Å².